The normalized spacial score (nSPS) is 15.2. The molecule has 0 N–H and O–H groups in total. The lowest BCUT2D eigenvalue weighted by atomic mass is 9.32. The van der Waals surface area contributed by atoms with Crippen LogP contribution in [0.1, 0.15) is 105 Å². The fourth-order valence-electron chi connectivity index (χ4n) is 13.7. The maximum atomic E-state index is 9.16. The first-order valence-electron chi connectivity index (χ1n) is 29.3. The van der Waals surface area contributed by atoms with Crippen molar-refractivity contribution in [3.05, 3.63) is 208 Å². The highest BCUT2D eigenvalue weighted by atomic mass is 32.1. The molecular formula is C71H63B2N3S2. The van der Waals surface area contributed by atoms with Crippen molar-refractivity contribution in [3.63, 3.8) is 0 Å². The lowest BCUT2D eigenvalue weighted by Crippen LogP contribution is -2.61. The number of anilines is 9. The number of hydrogen-bond acceptors (Lipinski definition) is 5. The highest BCUT2D eigenvalue weighted by Gasteiger charge is 2.47. The zero-order chi connectivity index (χ0) is 56.0. The smallest absolute Gasteiger partial charge is 0.254 e. The lowest BCUT2D eigenvalue weighted by molar-refractivity contribution is 0.590. The Labute approximate surface area is 473 Å². The molecule has 0 radical (unpaired) electrons. The maximum Gasteiger partial charge on any atom is 0.254 e. The highest BCUT2D eigenvalue weighted by Crippen LogP contribution is 2.50. The Morgan fingerprint density at radius 1 is 0.423 bits per heavy atom. The molecule has 0 atom stereocenters. The molecule has 78 heavy (non-hydrogen) atoms. The summed E-state index contributed by atoms with van der Waals surface area (Å²) in [7, 11) is 0. The molecule has 0 fully saturated rings. The minimum atomic E-state index is -2.38. The molecule has 0 saturated heterocycles. The van der Waals surface area contributed by atoms with E-state index in [2.05, 4.69) is 242 Å². The second-order valence-corrected chi connectivity index (χ2v) is 27.8. The predicted octanol–water partition coefficient (Wildman–Crippen LogP) is 16.1. The quantitative estimate of drug-likeness (QED) is 0.163. The molecule has 4 aliphatic rings. The first kappa shape index (κ1) is 44.6. The van der Waals surface area contributed by atoms with Gasteiger partial charge in [0.25, 0.3) is 6.71 Å². The van der Waals surface area contributed by atoms with Crippen molar-refractivity contribution in [1.29, 1.82) is 0 Å². The van der Waals surface area contributed by atoms with Gasteiger partial charge in [0.15, 0.2) is 0 Å². The van der Waals surface area contributed by atoms with Gasteiger partial charge in [0.05, 0.1) is 5.00 Å². The van der Waals surface area contributed by atoms with Crippen molar-refractivity contribution < 1.29 is 4.11 Å². The van der Waals surface area contributed by atoms with Crippen molar-refractivity contribution >= 4 is 150 Å². The van der Waals surface area contributed by atoms with Gasteiger partial charge < -0.3 is 14.7 Å². The number of aryl methyl sites for hydroxylation is 2. The van der Waals surface area contributed by atoms with E-state index < -0.39 is 6.85 Å². The van der Waals surface area contributed by atoms with Gasteiger partial charge in [-0.1, -0.05) is 153 Å². The van der Waals surface area contributed by atoms with Crippen LogP contribution in [0, 0.1) is 13.8 Å². The molecule has 380 valence electrons. The molecular weight excluding hydrogens is 981 g/mol. The van der Waals surface area contributed by atoms with E-state index in [1.165, 1.54) is 96.9 Å². The standard InChI is InChI=1S/C71H63B2N3S2/c1-41-32-45-40-63-65(52-16-12-14-18-61(52)77-63)72-54-36-43-39-57-55(37-44(43)38-56(54)74(58(33-41)64(45)72)49-26-20-46(21-27-49)69(3,4)5)73-66-53-17-13-15-19-62(53)78-68(66)76(51-30-24-48(25-31-51)71(9,10)11)60-35-42(2)34-59(67(60)73)75(57)50-28-22-47(23-29-50)70(6,7)8/h12-39H,40H2,1-11H3/i2D3. The Kier molecular flexibility index (Phi) is 9.51. The third-order valence-corrected chi connectivity index (χ3v) is 19.8. The monoisotopic (exact) mass is 1050 g/mol. The average molecular weight is 1050 g/mol. The number of hydrogen-bond donors (Lipinski definition) is 0. The molecule has 0 unspecified atom stereocenters. The second kappa shape index (κ2) is 16.6. The molecule has 15 rings (SSSR count). The van der Waals surface area contributed by atoms with Gasteiger partial charge in [0, 0.05) is 70.3 Å². The van der Waals surface area contributed by atoms with Crippen molar-refractivity contribution in [2.75, 3.05) is 14.7 Å². The van der Waals surface area contributed by atoms with Crippen molar-refractivity contribution in [2.45, 2.75) is 98.8 Å². The fraction of sp³-hybridized carbons (Fsp3) is 0.211. The topological polar surface area (TPSA) is 9.72 Å². The molecule has 0 spiro atoms. The van der Waals surface area contributed by atoms with E-state index in [1.807, 2.05) is 23.5 Å². The Morgan fingerprint density at radius 2 is 0.859 bits per heavy atom. The number of nitrogens with zero attached hydrogens (tertiary/aromatic N) is 3. The van der Waals surface area contributed by atoms with Gasteiger partial charge >= 0.3 is 0 Å². The zero-order valence-corrected chi connectivity index (χ0v) is 47.8. The molecule has 11 aromatic rings. The van der Waals surface area contributed by atoms with E-state index in [9.17, 15) is 0 Å². The van der Waals surface area contributed by atoms with Crippen molar-refractivity contribution in [1.82, 2.24) is 0 Å². The number of benzene rings is 9. The molecule has 0 amide bonds. The van der Waals surface area contributed by atoms with E-state index in [-0.39, 0.29) is 29.7 Å². The van der Waals surface area contributed by atoms with Crippen LogP contribution in [0.3, 0.4) is 0 Å². The average Bonchev–Trinajstić information content (AvgIpc) is 2.43. The van der Waals surface area contributed by atoms with Gasteiger partial charge in [0.2, 0.25) is 6.71 Å². The van der Waals surface area contributed by atoms with Crippen LogP contribution in [0.4, 0.5) is 50.5 Å². The summed E-state index contributed by atoms with van der Waals surface area (Å²) in [5.41, 5.74) is 22.9. The van der Waals surface area contributed by atoms with Crippen LogP contribution in [0.25, 0.3) is 30.9 Å². The van der Waals surface area contributed by atoms with Gasteiger partial charge in [-0.25, -0.2) is 0 Å². The van der Waals surface area contributed by atoms with Gasteiger partial charge in [0.1, 0.15) is 0 Å². The SMILES string of the molecule is [2H]C([2H])([2H])c1cc2c3c(c1)N(c1ccc(C(C)(C)C)cc1)c1sc4ccccc4c1B3c1cc3cc4c(cc3cc1N2c1ccc(C(C)(C)C)cc1)B1c2c(cc(C)cc2N4c2ccc(C(C)(C)C)cc2)Cc2sc3ccccc3c21. The maximum absolute atomic E-state index is 9.16. The summed E-state index contributed by atoms with van der Waals surface area (Å²) < 4.78 is 30.0. The minimum absolute atomic E-state index is 0.00756. The Morgan fingerprint density at radius 3 is 1.37 bits per heavy atom. The summed E-state index contributed by atoms with van der Waals surface area (Å²) in [6.07, 6.45) is 0.908. The van der Waals surface area contributed by atoms with Crippen LogP contribution in [0.2, 0.25) is 0 Å². The molecule has 9 aromatic carbocycles. The summed E-state index contributed by atoms with van der Waals surface area (Å²) in [5, 5.41) is 6.00. The third-order valence-electron chi connectivity index (χ3n) is 17.5. The van der Waals surface area contributed by atoms with E-state index in [0.717, 1.165) is 56.4 Å². The lowest BCUT2D eigenvalue weighted by Gasteiger charge is -2.44. The summed E-state index contributed by atoms with van der Waals surface area (Å²) >= 11 is 3.76. The van der Waals surface area contributed by atoms with Crippen molar-refractivity contribution in [3.8, 4) is 0 Å². The number of thiophene rings is 2. The van der Waals surface area contributed by atoms with Crippen LogP contribution in [0.15, 0.2) is 170 Å². The molecule has 0 aliphatic carbocycles. The molecule has 7 heteroatoms. The van der Waals surface area contributed by atoms with E-state index >= 15 is 0 Å². The van der Waals surface area contributed by atoms with Crippen LogP contribution in [-0.4, -0.2) is 13.4 Å². The van der Waals surface area contributed by atoms with Gasteiger partial charge in [-0.15, -0.1) is 22.7 Å². The number of fused-ring (bicyclic) bond motifs is 13. The largest absolute Gasteiger partial charge is 0.311 e. The Bertz CT molecular complexity index is 4460. The highest BCUT2D eigenvalue weighted by molar-refractivity contribution is 7.26. The first-order valence-corrected chi connectivity index (χ1v) is 29.4. The first-order chi connectivity index (χ1) is 38.6. The summed E-state index contributed by atoms with van der Waals surface area (Å²) in [4.78, 5) is 8.80. The Balaban J connectivity index is 1.05. The molecule has 6 heterocycles. The molecule has 0 bridgehead atoms. The Hall–Kier alpha value is -7.31. The molecule has 3 nitrogen and oxygen atoms in total. The van der Waals surface area contributed by atoms with Crippen LogP contribution in [-0.2, 0) is 22.7 Å². The molecule has 2 aromatic heterocycles. The predicted molar refractivity (Wildman–Crippen MR) is 343 cm³/mol. The van der Waals surface area contributed by atoms with Crippen LogP contribution in [0.5, 0.6) is 0 Å². The third kappa shape index (κ3) is 7.09. The molecule has 4 aliphatic heterocycles. The summed E-state index contributed by atoms with van der Waals surface area (Å²) in [6, 6.07) is 64.1. The van der Waals surface area contributed by atoms with E-state index in [1.54, 1.807) is 11.3 Å². The fourth-order valence-corrected chi connectivity index (χ4v) is 16.2. The van der Waals surface area contributed by atoms with Gasteiger partial charge in [-0.2, -0.15) is 0 Å². The minimum Gasteiger partial charge on any atom is -0.311 e. The van der Waals surface area contributed by atoms with Crippen LogP contribution >= 0.6 is 22.7 Å². The van der Waals surface area contributed by atoms with Crippen molar-refractivity contribution in [2.24, 2.45) is 0 Å². The zero-order valence-electron chi connectivity index (χ0n) is 49.2. The summed E-state index contributed by atoms with van der Waals surface area (Å²) in [5.74, 6) is 0. The van der Waals surface area contributed by atoms with E-state index in [0.29, 0.717) is 5.56 Å². The molecule has 0 saturated carbocycles. The van der Waals surface area contributed by atoms with E-state index in [4.69, 9.17) is 4.11 Å². The summed E-state index contributed by atoms with van der Waals surface area (Å²) in [6.45, 7) is 20.1. The van der Waals surface area contributed by atoms with Gasteiger partial charge in [-0.05, 0) is 197 Å². The van der Waals surface area contributed by atoms with Crippen LogP contribution < -0.4 is 47.5 Å². The van der Waals surface area contributed by atoms with Gasteiger partial charge in [-0.3, -0.25) is 0 Å². The second-order valence-electron chi connectivity index (χ2n) is 25.6. The number of rotatable bonds is 3.